The van der Waals surface area contributed by atoms with E-state index in [1.807, 2.05) is 32.9 Å². The van der Waals surface area contributed by atoms with Crippen molar-refractivity contribution in [1.82, 2.24) is 10.6 Å². The molecule has 0 spiro atoms. The second kappa shape index (κ2) is 7.59. The van der Waals surface area contributed by atoms with Gasteiger partial charge in [-0.3, -0.25) is 9.59 Å². The molecule has 1 aromatic rings. The van der Waals surface area contributed by atoms with Crippen LogP contribution < -0.4 is 16.0 Å². The van der Waals surface area contributed by atoms with Crippen molar-refractivity contribution in [3.63, 3.8) is 0 Å². The van der Waals surface area contributed by atoms with Crippen LogP contribution in [0.3, 0.4) is 0 Å². The summed E-state index contributed by atoms with van der Waals surface area (Å²) in [6, 6.07) is 5.93. The van der Waals surface area contributed by atoms with Gasteiger partial charge in [-0.1, -0.05) is 6.07 Å². The summed E-state index contributed by atoms with van der Waals surface area (Å²) in [5.74, 6) is -0.0398. The lowest BCUT2D eigenvalue weighted by atomic mass is 9.92. The van der Waals surface area contributed by atoms with Crippen molar-refractivity contribution < 1.29 is 9.59 Å². The number of anilines is 1. The van der Waals surface area contributed by atoms with Gasteiger partial charge in [0.15, 0.2) is 0 Å². The molecule has 0 bridgehead atoms. The van der Waals surface area contributed by atoms with Crippen LogP contribution >= 0.6 is 0 Å². The molecule has 1 fully saturated rings. The number of piperidine rings is 1. The topological polar surface area (TPSA) is 70.2 Å². The summed E-state index contributed by atoms with van der Waals surface area (Å²) in [5, 5.41) is 9.20. The standard InChI is InChI=1S/C18H27N3O2/c1-11(2)20-18(23)16-10-15(6-5-12(16)3)21-17(22)14-7-8-19-13(4)9-14/h5-6,10-11,13-14,19H,7-9H2,1-4H3,(H,20,23)(H,21,22)/t13-,14-/m0/s1. The molecule has 2 rings (SSSR count). The largest absolute Gasteiger partial charge is 0.350 e. The van der Waals surface area contributed by atoms with E-state index in [1.165, 1.54) is 0 Å². The summed E-state index contributed by atoms with van der Waals surface area (Å²) in [6.07, 6.45) is 1.70. The molecule has 3 N–H and O–H groups in total. The first kappa shape index (κ1) is 17.5. The van der Waals surface area contributed by atoms with E-state index >= 15 is 0 Å². The molecule has 2 amide bonds. The predicted octanol–water partition coefficient (Wildman–Crippen LogP) is 2.46. The smallest absolute Gasteiger partial charge is 0.251 e. The number of carbonyl (C=O) groups is 2. The van der Waals surface area contributed by atoms with Gasteiger partial charge in [0, 0.05) is 29.3 Å². The fraction of sp³-hybridized carbons (Fsp3) is 0.556. The molecule has 0 aliphatic carbocycles. The van der Waals surface area contributed by atoms with Gasteiger partial charge >= 0.3 is 0 Å². The maximum absolute atomic E-state index is 12.4. The van der Waals surface area contributed by atoms with Gasteiger partial charge in [0.1, 0.15) is 0 Å². The van der Waals surface area contributed by atoms with E-state index in [1.54, 1.807) is 6.07 Å². The van der Waals surface area contributed by atoms with E-state index in [0.29, 0.717) is 17.3 Å². The van der Waals surface area contributed by atoms with E-state index in [2.05, 4.69) is 22.9 Å². The summed E-state index contributed by atoms with van der Waals surface area (Å²) < 4.78 is 0. The molecule has 5 nitrogen and oxygen atoms in total. The predicted molar refractivity (Wildman–Crippen MR) is 92.6 cm³/mol. The average molecular weight is 317 g/mol. The van der Waals surface area contributed by atoms with Gasteiger partial charge in [-0.15, -0.1) is 0 Å². The Morgan fingerprint density at radius 3 is 2.70 bits per heavy atom. The van der Waals surface area contributed by atoms with Crippen LogP contribution in [-0.2, 0) is 4.79 Å². The Morgan fingerprint density at radius 1 is 1.30 bits per heavy atom. The summed E-state index contributed by atoms with van der Waals surface area (Å²) in [4.78, 5) is 24.6. The maximum Gasteiger partial charge on any atom is 0.251 e. The number of hydrogen-bond acceptors (Lipinski definition) is 3. The molecule has 23 heavy (non-hydrogen) atoms. The first-order chi connectivity index (χ1) is 10.9. The molecule has 126 valence electrons. The van der Waals surface area contributed by atoms with Gasteiger partial charge in [0.05, 0.1) is 0 Å². The minimum atomic E-state index is -0.107. The average Bonchev–Trinajstić information content (AvgIpc) is 2.48. The van der Waals surface area contributed by atoms with Gasteiger partial charge in [0.25, 0.3) is 5.91 Å². The molecule has 5 heteroatoms. The highest BCUT2D eigenvalue weighted by Crippen LogP contribution is 2.20. The van der Waals surface area contributed by atoms with Crippen LogP contribution in [0.25, 0.3) is 0 Å². The lowest BCUT2D eigenvalue weighted by molar-refractivity contribution is -0.120. The van der Waals surface area contributed by atoms with E-state index < -0.39 is 0 Å². The number of hydrogen-bond donors (Lipinski definition) is 3. The van der Waals surface area contributed by atoms with Gasteiger partial charge in [-0.2, -0.15) is 0 Å². The molecule has 1 aromatic carbocycles. The Kier molecular flexibility index (Phi) is 5.77. The van der Waals surface area contributed by atoms with Crippen LogP contribution in [0.5, 0.6) is 0 Å². The zero-order valence-corrected chi connectivity index (χ0v) is 14.4. The van der Waals surface area contributed by atoms with Gasteiger partial charge in [0.2, 0.25) is 5.91 Å². The molecular weight excluding hydrogens is 290 g/mol. The highest BCUT2D eigenvalue weighted by Gasteiger charge is 2.25. The third-order valence-electron chi connectivity index (χ3n) is 4.16. The summed E-state index contributed by atoms with van der Waals surface area (Å²) >= 11 is 0. The van der Waals surface area contributed by atoms with Crippen molar-refractivity contribution >= 4 is 17.5 Å². The molecule has 0 radical (unpaired) electrons. The van der Waals surface area contributed by atoms with Gasteiger partial charge in [-0.25, -0.2) is 0 Å². The van der Waals surface area contributed by atoms with E-state index in [0.717, 1.165) is 24.9 Å². The molecule has 0 unspecified atom stereocenters. The number of carbonyl (C=O) groups excluding carboxylic acids is 2. The Balaban J connectivity index is 2.08. The normalized spacial score (nSPS) is 21.1. The third kappa shape index (κ3) is 4.79. The van der Waals surface area contributed by atoms with Crippen LogP contribution in [0.1, 0.15) is 49.5 Å². The second-order valence-corrected chi connectivity index (χ2v) is 6.72. The van der Waals surface area contributed by atoms with Crippen molar-refractivity contribution in [1.29, 1.82) is 0 Å². The molecular formula is C18H27N3O2. The third-order valence-corrected chi connectivity index (χ3v) is 4.16. The fourth-order valence-corrected chi connectivity index (χ4v) is 2.90. The molecule has 2 atom stereocenters. The highest BCUT2D eigenvalue weighted by molar-refractivity contribution is 5.98. The van der Waals surface area contributed by atoms with Crippen LogP contribution in [0.4, 0.5) is 5.69 Å². The lowest BCUT2D eigenvalue weighted by Crippen LogP contribution is -2.40. The van der Waals surface area contributed by atoms with E-state index in [-0.39, 0.29) is 23.8 Å². The van der Waals surface area contributed by atoms with E-state index in [9.17, 15) is 9.59 Å². The van der Waals surface area contributed by atoms with Crippen molar-refractivity contribution in [3.05, 3.63) is 29.3 Å². The Morgan fingerprint density at radius 2 is 2.04 bits per heavy atom. The van der Waals surface area contributed by atoms with Crippen LogP contribution in [0.2, 0.25) is 0 Å². The minimum Gasteiger partial charge on any atom is -0.350 e. The quantitative estimate of drug-likeness (QED) is 0.799. The number of nitrogens with one attached hydrogen (secondary N) is 3. The Labute approximate surface area is 138 Å². The molecule has 1 aliphatic heterocycles. The fourth-order valence-electron chi connectivity index (χ4n) is 2.90. The maximum atomic E-state index is 12.4. The molecule has 1 heterocycles. The summed E-state index contributed by atoms with van der Waals surface area (Å²) in [7, 11) is 0. The molecule has 0 saturated carbocycles. The summed E-state index contributed by atoms with van der Waals surface area (Å²) in [6.45, 7) is 8.72. The van der Waals surface area contributed by atoms with Crippen molar-refractivity contribution in [2.75, 3.05) is 11.9 Å². The zero-order valence-electron chi connectivity index (χ0n) is 14.4. The zero-order chi connectivity index (χ0) is 17.0. The lowest BCUT2D eigenvalue weighted by Gasteiger charge is -2.27. The summed E-state index contributed by atoms with van der Waals surface area (Å²) in [5.41, 5.74) is 2.19. The molecule has 1 saturated heterocycles. The van der Waals surface area contributed by atoms with Crippen molar-refractivity contribution in [3.8, 4) is 0 Å². The van der Waals surface area contributed by atoms with Crippen LogP contribution in [0.15, 0.2) is 18.2 Å². The highest BCUT2D eigenvalue weighted by atomic mass is 16.2. The van der Waals surface area contributed by atoms with Crippen molar-refractivity contribution in [2.24, 2.45) is 5.92 Å². The van der Waals surface area contributed by atoms with E-state index in [4.69, 9.17) is 0 Å². The van der Waals surface area contributed by atoms with Gasteiger partial charge in [-0.05, 0) is 64.8 Å². The van der Waals surface area contributed by atoms with Crippen LogP contribution in [0, 0.1) is 12.8 Å². The molecule has 0 aromatic heterocycles. The number of rotatable bonds is 4. The second-order valence-electron chi connectivity index (χ2n) is 6.72. The first-order valence-corrected chi connectivity index (χ1v) is 8.32. The first-order valence-electron chi connectivity index (χ1n) is 8.32. The minimum absolute atomic E-state index is 0.0282. The Hall–Kier alpha value is -1.88. The van der Waals surface area contributed by atoms with Crippen LogP contribution in [-0.4, -0.2) is 30.4 Å². The molecule has 1 aliphatic rings. The number of aryl methyl sites for hydroxylation is 1. The number of amides is 2. The van der Waals surface area contributed by atoms with Crippen molar-refractivity contribution in [2.45, 2.75) is 52.6 Å². The van der Waals surface area contributed by atoms with Gasteiger partial charge < -0.3 is 16.0 Å². The SMILES string of the molecule is Cc1ccc(NC(=O)[C@H]2CCN[C@@H](C)C2)cc1C(=O)NC(C)C. The monoisotopic (exact) mass is 317 g/mol. The number of benzene rings is 1. The Bertz CT molecular complexity index is 584.